The summed E-state index contributed by atoms with van der Waals surface area (Å²) in [5.74, 6) is 0.0666. The van der Waals surface area contributed by atoms with E-state index in [-0.39, 0.29) is 0 Å². The van der Waals surface area contributed by atoms with Gasteiger partial charge < -0.3 is 0 Å². The zero-order valence-corrected chi connectivity index (χ0v) is 14.3. The van der Waals surface area contributed by atoms with Crippen molar-refractivity contribution in [2.24, 2.45) is 11.8 Å². The van der Waals surface area contributed by atoms with E-state index < -0.39 is 11.6 Å². The van der Waals surface area contributed by atoms with Gasteiger partial charge in [0.15, 0.2) is 11.6 Å². The van der Waals surface area contributed by atoms with Crippen LogP contribution in [0.3, 0.4) is 0 Å². The monoisotopic (exact) mass is 358 g/mol. The van der Waals surface area contributed by atoms with Crippen LogP contribution in [0.1, 0.15) is 57.4 Å². The average molecular weight is 359 g/mol. The summed E-state index contributed by atoms with van der Waals surface area (Å²) in [6.45, 7) is 2.25. The van der Waals surface area contributed by atoms with Crippen molar-refractivity contribution in [3.63, 3.8) is 0 Å². The molecule has 0 N–H and O–H groups in total. The minimum Gasteiger partial charge on any atom is -0.204 e. The van der Waals surface area contributed by atoms with Gasteiger partial charge in [-0.1, -0.05) is 61.0 Å². The second kappa shape index (κ2) is 8.26. The van der Waals surface area contributed by atoms with Crippen molar-refractivity contribution in [1.82, 2.24) is 0 Å². The van der Waals surface area contributed by atoms with Gasteiger partial charge in [0.25, 0.3) is 0 Å². The van der Waals surface area contributed by atoms with Gasteiger partial charge in [-0.25, -0.2) is 8.78 Å². The quantitative estimate of drug-likeness (QED) is 0.525. The number of unbranched alkanes of at least 4 members (excludes halogenated alkanes) is 1. The molecule has 0 nitrogen and oxygen atoms in total. The number of benzene rings is 1. The molecule has 1 aliphatic carbocycles. The van der Waals surface area contributed by atoms with Gasteiger partial charge in [0.2, 0.25) is 0 Å². The molecule has 0 aliphatic heterocycles. The van der Waals surface area contributed by atoms with Crippen molar-refractivity contribution in [2.75, 3.05) is 0 Å². The van der Waals surface area contributed by atoms with Gasteiger partial charge in [0, 0.05) is 4.83 Å². The van der Waals surface area contributed by atoms with E-state index in [9.17, 15) is 8.78 Å². The Morgan fingerprint density at radius 3 is 2.48 bits per heavy atom. The molecule has 2 rings (SSSR count). The van der Waals surface area contributed by atoms with E-state index in [1.54, 1.807) is 6.07 Å². The molecule has 0 aromatic heterocycles. The predicted molar refractivity (Wildman–Crippen MR) is 87.8 cm³/mol. The number of hydrogen-bond acceptors (Lipinski definition) is 0. The van der Waals surface area contributed by atoms with Crippen molar-refractivity contribution in [3.05, 3.63) is 35.4 Å². The smallest absolute Gasteiger partial charge is 0.159 e. The molecule has 0 spiro atoms. The predicted octanol–water partition coefficient (Wildman–Crippen LogP) is 6.27. The Kier molecular flexibility index (Phi) is 6.66. The SMILES string of the molecule is CCCCC1CCC(C(Br)Cc2ccc(F)c(F)c2)CC1. The molecule has 1 fully saturated rings. The largest absolute Gasteiger partial charge is 0.204 e. The summed E-state index contributed by atoms with van der Waals surface area (Å²) >= 11 is 3.78. The van der Waals surface area contributed by atoms with E-state index in [0.29, 0.717) is 10.7 Å². The first-order chi connectivity index (χ1) is 10.1. The summed E-state index contributed by atoms with van der Waals surface area (Å²) in [6, 6.07) is 4.25. The number of rotatable bonds is 6. The number of hydrogen-bond donors (Lipinski definition) is 0. The zero-order chi connectivity index (χ0) is 15.2. The molecule has 1 unspecified atom stereocenters. The second-order valence-corrected chi connectivity index (χ2v) is 7.57. The zero-order valence-electron chi connectivity index (χ0n) is 12.8. The van der Waals surface area contributed by atoms with E-state index >= 15 is 0 Å². The highest BCUT2D eigenvalue weighted by molar-refractivity contribution is 9.09. The van der Waals surface area contributed by atoms with Crippen LogP contribution in [0.25, 0.3) is 0 Å². The molecule has 1 atom stereocenters. The van der Waals surface area contributed by atoms with Crippen molar-refractivity contribution in [2.45, 2.75) is 63.1 Å². The van der Waals surface area contributed by atoms with E-state index in [1.165, 1.54) is 57.1 Å². The summed E-state index contributed by atoms with van der Waals surface area (Å²) in [7, 11) is 0. The molecule has 0 radical (unpaired) electrons. The highest BCUT2D eigenvalue weighted by Gasteiger charge is 2.26. The van der Waals surface area contributed by atoms with Crippen LogP contribution in [0.4, 0.5) is 8.78 Å². The van der Waals surface area contributed by atoms with Gasteiger partial charge in [-0.05, 0) is 48.8 Å². The fraction of sp³-hybridized carbons (Fsp3) is 0.667. The van der Waals surface area contributed by atoms with Crippen LogP contribution < -0.4 is 0 Å². The van der Waals surface area contributed by atoms with Gasteiger partial charge >= 0.3 is 0 Å². The summed E-state index contributed by atoms with van der Waals surface area (Å²) in [6.07, 6.45) is 9.96. The lowest BCUT2D eigenvalue weighted by molar-refractivity contribution is 0.256. The molecular weight excluding hydrogens is 334 g/mol. The summed E-state index contributed by atoms with van der Waals surface area (Å²) < 4.78 is 26.2. The Morgan fingerprint density at radius 2 is 1.86 bits per heavy atom. The Bertz CT molecular complexity index is 439. The van der Waals surface area contributed by atoms with Gasteiger partial charge in [0.05, 0.1) is 0 Å². The Morgan fingerprint density at radius 1 is 1.14 bits per heavy atom. The number of halogens is 3. The maximum atomic E-state index is 13.3. The second-order valence-electron chi connectivity index (χ2n) is 6.39. The minimum absolute atomic E-state index is 0.370. The lowest BCUT2D eigenvalue weighted by Crippen LogP contribution is -2.23. The van der Waals surface area contributed by atoms with Crippen LogP contribution >= 0.6 is 15.9 Å². The standard InChI is InChI=1S/C18H25BrF2/c1-2-3-4-13-5-8-15(9-6-13)16(19)11-14-7-10-17(20)18(21)12-14/h7,10,12-13,15-16H,2-6,8-9,11H2,1H3. The molecule has 0 heterocycles. The van der Waals surface area contributed by atoms with E-state index in [0.717, 1.165) is 17.9 Å². The Balaban J connectivity index is 1.81. The van der Waals surface area contributed by atoms with Crippen LogP contribution in [-0.2, 0) is 6.42 Å². The van der Waals surface area contributed by atoms with Crippen molar-refractivity contribution < 1.29 is 8.78 Å². The maximum absolute atomic E-state index is 13.3. The number of alkyl halides is 1. The highest BCUT2D eigenvalue weighted by Crippen LogP contribution is 2.36. The lowest BCUT2D eigenvalue weighted by Gasteiger charge is -2.31. The molecule has 21 heavy (non-hydrogen) atoms. The first kappa shape index (κ1) is 16.9. The summed E-state index contributed by atoms with van der Waals surface area (Å²) in [4.78, 5) is 0.370. The van der Waals surface area contributed by atoms with Crippen LogP contribution in [0, 0.1) is 23.5 Å². The van der Waals surface area contributed by atoms with Crippen LogP contribution in [0.2, 0.25) is 0 Å². The fourth-order valence-corrected chi connectivity index (χ4v) is 4.29. The van der Waals surface area contributed by atoms with Crippen molar-refractivity contribution in [1.29, 1.82) is 0 Å². The first-order valence-corrected chi connectivity index (χ1v) is 9.09. The first-order valence-electron chi connectivity index (χ1n) is 8.18. The van der Waals surface area contributed by atoms with E-state index in [2.05, 4.69) is 22.9 Å². The normalized spacial score (nSPS) is 24.0. The Labute approximate surface area is 135 Å². The molecule has 1 aliphatic rings. The molecule has 118 valence electrons. The lowest BCUT2D eigenvalue weighted by atomic mass is 9.78. The van der Waals surface area contributed by atoms with Gasteiger partial charge in [-0.2, -0.15) is 0 Å². The van der Waals surface area contributed by atoms with Crippen LogP contribution in [0.5, 0.6) is 0 Å². The van der Waals surface area contributed by atoms with Crippen molar-refractivity contribution >= 4 is 15.9 Å². The van der Waals surface area contributed by atoms with Gasteiger partial charge in [-0.3, -0.25) is 0 Å². The third kappa shape index (κ3) is 5.05. The minimum atomic E-state index is -0.763. The fourth-order valence-electron chi connectivity index (χ4n) is 3.39. The third-order valence-corrected chi connectivity index (χ3v) is 5.85. The third-order valence-electron chi connectivity index (χ3n) is 4.78. The molecule has 0 amide bonds. The Hall–Kier alpha value is -0.440. The van der Waals surface area contributed by atoms with Gasteiger partial charge in [0.1, 0.15) is 0 Å². The maximum Gasteiger partial charge on any atom is 0.159 e. The average Bonchev–Trinajstić information content (AvgIpc) is 2.49. The molecule has 1 aromatic rings. The highest BCUT2D eigenvalue weighted by atomic mass is 79.9. The van der Waals surface area contributed by atoms with Crippen LogP contribution in [-0.4, -0.2) is 4.83 Å². The van der Waals surface area contributed by atoms with E-state index in [1.807, 2.05) is 0 Å². The molecule has 3 heteroatoms. The van der Waals surface area contributed by atoms with E-state index in [4.69, 9.17) is 0 Å². The molecule has 0 saturated heterocycles. The summed E-state index contributed by atoms with van der Waals surface area (Å²) in [5.41, 5.74) is 0.879. The van der Waals surface area contributed by atoms with Gasteiger partial charge in [-0.15, -0.1) is 0 Å². The molecule has 1 aromatic carbocycles. The molecular formula is C18H25BrF2. The van der Waals surface area contributed by atoms with Crippen LogP contribution in [0.15, 0.2) is 18.2 Å². The summed E-state index contributed by atoms with van der Waals surface area (Å²) in [5, 5.41) is 0. The molecule has 1 saturated carbocycles. The topological polar surface area (TPSA) is 0 Å². The van der Waals surface area contributed by atoms with Crippen molar-refractivity contribution in [3.8, 4) is 0 Å². The molecule has 0 bridgehead atoms.